The molecule has 5 heteroatoms. The fourth-order valence-corrected chi connectivity index (χ4v) is 3.16. The molecule has 1 N–H and O–H groups in total. The monoisotopic (exact) mass is 324 g/mol. The standard InChI is InChI=1S/C18H16N2O2S/c1-13(23-17-11-4-5-12-20(17)22)18(21)19-16-10-6-8-14-7-2-3-9-15(14)16/h2-13H,1H3,(H,19,21). The number of hydrogen-bond donors (Lipinski definition) is 1. The minimum absolute atomic E-state index is 0.129. The van der Waals surface area contributed by atoms with Gasteiger partial charge in [-0.2, -0.15) is 4.73 Å². The molecule has 0 fully saturated rings. The number of hydrogen-bond acceptors (Lipinski definition) is 3. The summed E-state index contributed by atoms with van der Waals surface area (Å²) in [6, 6.07) is 18.9. The van der Waals surface area contributed by atoms with E-state index in [1.54, 1.807) is 25.1 Å². The Balaban J connectivity index is 1.77. The van der Waals surface area contributed by atoms with Gasteiger partial charge in [0.25, 0.3) is 5.03 Å². The normalized spacial score (nSPS) is 12.0. The zero-order valence-corrected chi connectivity index (χ0v) is 13.4. The highest BCUT2D eigenvalue weighted by Crippen LogP contribution is 2.25. The molecule has 0 bridgehead atoms. The summed E-state index contributed by atoms with van der Waals surface area (Å²) in [6.45, 7) is 1.79. The lowest BCUT2D eigenvalue weighted by Crippen LogP contribution is -2.30. The van der Waals surface area contributed by atoms with Gasteiger partial charge in [0.05, 0.1) is 5.25 Å². The third-order valence-corrected chi connectivity index (χ3v) is 4.63. The molecular formula is C18H16N2O2S. The summed E-state index contributed by atoms with van der Waals surface area (Å²) in [6.07, 6.45) is 1.43. The first-order chi connectivity index (χ1) is 11.1. The number of nitrogens with one attached hydrogen (secondary N) is 1. The number of anilines is 1. The van der Waals surface area contributed by atoms with Crippen LogP contribution in [0.3, 0.4) is 0 Å². The van der Waals surface area contributed by atoms with E-state index in [4.69, 9.17) is 0 Å². The Morgan fingerprint density at radius 1 is 1.09 bits per heavy atom. The van der Waals surface area contributed by atoms with Gasteiger partial charge in [-0.3, -0.25) is 4.79 Å². The van der Waals surface area contributed by atoms with Crippen LogP contribution in [0.2, 0.25) is 0 Å². The Morgan fingerprint density at radius 3 is 2.65 bits per heavy atom. The molecule has 1 atom stereocenters. The van der Waals surface area contributed by atoms with Gasteiger partial charge in [0.2, 0.25) is 5.91 Å². The fourth-order valence-electron chi connectivity index (χ4n) is 2.31. The quantitative estimate of drug-likeness (QED) is 0.453. The van der Waals surface area contributed by atoms with Crippen LogP contribution in [0.4, 0.5) is 5.69 Å². The molecule has 1 amide bonds. The largest absolute Gasteiger partial charge is 0.618 e. The van der Waals surface area contributed by atoms with Crippen molar-refractivity contribution >= 4 is 34.1 Å². The number of benzene rings is 2. The van der Waals surface area contributed by atoms with Gasteiger partial charge >= 0.3 is 0 Å². The second-order valence-electron chi connectivity index (χ2n) is 5.14. The van der Waals surface area contributed by atoms with Gasteiger partial charge in [0.15, 0.2) is 6.20 Å². The Kier molecular flexibility index (Phi) is 4.48. The SMILES string of the molecule is CC(Sc1cccc[n+]1[O-])C(=O)Nc1cccc2ccccc12. The van der Waals surface area contributed by atoms with Gasteiger partial charge in [-0.25, -0.2) is 0 Å². The highest BCUT2D eigenvalue weighted by Gasteiger charge is 2.19. The molecule has 0 saturated heterocycles. The van der Waals surface area contributed by atoms with Crippen molar-refractivity contribution in [3.8, 4) is 0 Å². The zero-order valence-electron chi connectivity index (χ0n) is 12.6. The first-order valence-electron chi connectivity index (χ1n) is 7.28. The summed E-state index contributed by atoms with van der Waals surface area (Å²) in [5.74, 6) is -0.129. The van der Waals surface area contributed by atoms with E-state index in [9.17, 15) is 10.0 Å². The Labute approximate surface area is 138 Å². The summed E-state index contributed by atoms with van der Waals surface area (Å²) < 4.78 is 0.770. The molecule has 0 aliphatic rings. The molecule has 1 heterocycles. The number of carbonyl (C=O) groups excluding carboxylic acids is 1. The number of aromatic nitrogens is 1. The third-order valence-electron chi connectivity index (χ3n) is 3.50. The Morgan fingerprint density at radius 2 is 1.83 bits per heavy atom. The minimum atomic E-state index is -0.378. The summed E-state index contributed by atoms with van der Waals surface area (Å²) in [7, 11) is 0. The van der Waals surface area contributed by atoms with Crippen molar-refractivity contribution in [2.45, 2.75) is 17.2 Å². The summed E-state index contributed by atoms with van der Waals surface area (Å²) >= 11 is 1.24. The molecule has 3 rings (SSSR count). The zero-order chi connectivity index (χ0) is 16.2. The Hall–Kier alpha value is -2.53. The van der Waals surface area contributed by atoms with Gasteiger partial charge in [-0.05, 0) is 36.2 Å². The van der Waals surface area contributed by atoms with Crippen LogP contribution < -0.4 is 10.0 Å². The van der Waals surface area contributed by atoms with Crippen molar-refractivity contribution in [2.75, 3.05) is 5.32 Å². The van der Waals surface area contributed by atoms with Crippen LogP contribution in [0.15, 0.2) is 71.9 Å². The van der Waals surface area contributed by atoms with Gasteiger partial charge in [-0.1, -0.05) is 36.4 Å². The van der Waals surface area contributed by atoms with E-state index in [0.29, 0.717) is 5.03 Å². The van der Waals surface area contributed by atoms with Gasteiger partial charge < -0.3 is 10.5 Å². The lowest BCUT2D eigenvalue weighted by Gasteiger charge is -2.13. The maximum absolute atomic E-state index is 12.4. The van der Waals surface area contributed by atoms with E-state index in [2.05, 4.69) is 5.32 Å². The third kappa shape index (κ3) is 3.46. The predicted octanol–water partition coefficient (Wildman–Crippen LogP) is 3.59. The van der Waals surface area contributed by atoms with Gasteiger partial charge in [-0.15, -0.1) is 0 Å². The van der Waals surface area contributed by atoms with E-state index in [-0.39, 0.29) is 11.2 Å². The molecule has 116 valence electrons. The maximum Gasteiger partial charge on any atom is 0.252 e. The molecule has 1 unspecified atom stereocenters. The minimum Gasteiger partial charge on any atom is -0.618 e. The molecule has 0 aliphatic heterocycles. The first-order valence-corrected chi connectivity index (χ1v) is 8.16. The summed E-state index contributed by atoms with van der Waals surface area (Å²) in [4.78, 5) is 12.4. The van der Waals surface area contributed by atoms with Crippen molar-refractivity contribution < 1.29 is 9.52 Å². The average Bonchev–Trinajstić information content (AvgIpc) is 2.57. The van der Waals surface area contributed by atoms with E-state index in [0.717, 1.165) is 21.2 Å². The summed E-state index contributed by atoms with van der Waals surface area (Å²) in [5.41, 5.74) is 0.781. The maximum atomic E-state index is 12.4. The lowest BCUT2D eigenvalue weighted by molar-refractivity contribution is -0.645. The van der Waals surface area contributed by atoms with Crippen LogP contribution in [-0.4, -0.2) is 11.2 Å². The molecule has 0 spiro atoms. The van der Waals surface area contributed by atoms with Crippen molar-refractivity contribution in [2.24, 2.45) is 0 Å². The van der Waals surface area contributed by atoms with Gasteiger partial charge in [0.1, 0.15) is 0 Å². The highest BCUT2D eigenvalue weighted by molar-refractivity contribution is 8.00. The fraction of sp³-hybridized carbons (Fsp3) is 0.111. The van der Waals surface area contributed by atoms with E-state index < -0.39 is 0 Å². The Bertz CT molecular complexity index is 846. The second-order valence-corrected chi connectivity index (χ2v) is 6.50. The van der Waals surface area contributed by atoms with Crippen LogP contribution in [0, 0.1) is 5.21 Å². The molecule has 3 aromatic rings. The van der Waals surface area contributed by atoms with Crippen molar-refractivity contribution in [1.29, 1.82) is 0 Å². The first kappa shape index (κ1) is 15.4. The number of fused-ring (bicyclic) bond motifs is 1. The molecule has 4 nitrogen and oxygen atoms in total. The molecule has 0 radical (unpaired) electrons. The molecular weight excluding hydrogens is 308 g/mol. The lowest BCUT2D eigenvalue weighted by atomic mass is 10.1. The number of nitrogens with zero attached hydrogens (tertiary/aromatic N) is 1. The number of thioether (sulfide) groups is 1. The van der Waals surface area contributed by atoms with Crippen molar-refractivity contribution in [3.63, 3.8) is 0 Å². The van der Waals surface area contributed by atoms with E-state index in [1.165, 1.54) is 18.0 Å². The van der Waals surface area contributed by atoms with Gasteiger partial charge in [0, 0.05) is 23.2 Å². The number of carbonyl (C=O) groups is 1. The number of rotatable bonds is 4. The molecule has 2 aromatic carbocycles. The predicted molar refractivity (Wildman–Crippen MR) is 93.3 cm³/mol. The van der Waals surface area contributed by atoms with Crippen molar-refractivity contribution in [3.05, 3.63) is 72.1 Å². The molecule has 0 saturated carbocycles. The van der Waals surface area contributed by atoms with Crippen LogP contribution in [0.5, 0.6) is 0 Å². The summed E-state index contributed by atoms with van der Waals surface area (Å²) in [5, 5.41) is 16.8. The molecule has 0 aliphatic carbocycles. The smallest absolute Gasteiger partial charge is 0.252 e. The van der Waals surface area contributed by atoms with Crippen LogP contribution in [0.25, 0.3) is 10.8 Å². The second kappa shape index (κ2) is 6.71. The number of amides is 1. The van der Waals surface area contributed by atoms with Crippen LogP contribution in [0.1, 0.15) is 6.92 Å². The topological polar surface area (TPSA) is 56.0 Å². The van der Waals surface area contributed by atoms with Crippen molar-refractivity contribution in [1.82, 2.24) is 0 Å². The molecule has 1 aromatic heterocycles. The average molecular weight is 324 g/mol. The number of pyridine rings is 1. The van der Waals surface area contributed by atoms with E-state index >= 15 is 0 Å². The highest BCUT2D eigenvalue weighted by atomic mass is 32.2. The van der Waals surface area contributed by atoms with E-state index in [1.807, 2.05) is 42.5 Å². The molecule has 23 heavy (non-hydrogen) atoms. The van der Waals surface area contributed by atoms with Crippen LogP contribution in [-0.2, 0) is 4.79 Å². The van der Waals surface area contributed by atoms with Crippen LogP contribution >= 0.6 is 11.8 Å².